The monoisotopic (exact) mass is 338 g/mol. The molecule has 4 atom stereocenters. The fraction of sp³-hybridized carbons (Fsp3) is 0.667. The van der Waals surface area contributed by atoms with Crippen LogP contribution < -0.4 is 5.73 Å². The molecule has 1 fully saturated rings. The van der Waals surface area contributed by atoms with Gasteiger partial charge in [0.2, 0.25) is 5.82 Å². The molecule has 1 amide bonds. The van der Waals surface area contributed by atoms with Crippen LogP contribution in [0.4, 0.5) is 0 Å². The average Bonchev–Trinajstić information content (AvgIpc) is 3.00. The molecule has 124 valence electrons. The third-order valence-electron chi connectivity index (χ3n) is 2.98. The highest BCUT2D eigenvalue weighted by Crippen LogP contribution is 2.38. The fourth-order valence-electron chi connectivity index (χ4n) is 2.04. The van der Waals surface area contributed by atoms with E-state index in [1.165, 1.54) is 7.11 Å². The second-order valence-electron chi connectivity index (χ2n) is 4.45. The number of nitrogens with two attached hydrogens (primary N) is 1. The van der Waals surface area contributed by atoms with E-state index in [4.69, 9.17) is 25.0 Å². The van der Waals surface area contributed by atoms with Crippen molar-refractivity contribution < 1.29 is 38.3 Å². The molecule has 0 aromatic carbocycles. The summed E-state index contributed by atoms with van der Waals surface area (Å²) in [5.74, 6) is -1.12. The highest BCUT2D eigenvalue weighted by atomic mass is 31.2. The molecule has 0 spiro atoms. The van der Waals surface area contributed by atoms with Crippen LogP contribution in [0.25, 0.3) is 0 Å². The number of carbonyl (C=O) groups excluding carboxylic acids is 1. The van der Waals surface area contributed by atoms with Crippen molar-refractivity contribution in [3.8, 4) is 0 Å². The first-order valence-corrected chi connectivity index (χ1v) is 7.53. The molecule has 1 aliphatic heterocycles. The molecule has 0 unspecified atom stereocenters. The Bertz CT molecular complexity index is 588. The molecule has 1 saturated heterocycles. The Hall–Kier alpha value is -1.40. The molecule has 0 bridgehead atoms. The van der Waals surface area contributed by atoms with Crippen molar-refractivity contribution in [2.24, 2.45) is 5.73 Å². The number of amides is 1. The maximum Gasteiger partial charge on any atom is 0.469 e. The van der Waals surface area contributed by atoms with E-state index in [0.717, 1.165) is 11.0 Å². The van der Waals surface area contributed by atoms with Gasteiger partial charge in [0.15, 0.2) is 6.23 Å². The Morgan fingerprint density at radius 2 is 2.27 bits per heavy atom. The summed E-state index contributed by atoms with van der Waals surface area (Å²) in [6.07, 6.45) is -3.04. The summed E-state index contributed by atoms with van der Waals surface area (Å²) in [7, 11) is -3.40. The van der Waals surface area contributed by atoms with Crippen LogP contribution in [0.2, 0.25) is 0 Å². The lowest BCUT2D eigenvalue weighted by molar-refractivity contribution is -0.0594. The topological polar surface area (TPSA) is 179 Å². The minimum Gasteiger partial charge on any atom is -0.385 e. The number of hydrogen-bond donors (Lipinski definition) is 4. The number of carbonyl (C=O) groups is 1. The molecular formula is C9H15N4O8P. The first kappa shape index (κ1) is 17.0. The van der Waals surface area contributed by atoms with Gasteiger partial charge in [0.25, 0.3) is 5.91 Å². The lowest BCUT2D eigenvalue weighted by Crippen LogP contribution is -2.35. The summed E-state index contributed by atoms with van der Waals surface area (Å²) < 4.78 is 26.6. The number of nitrogens with zero attached hydrogens (tertiary/aromatic N) is 3. The Balaban J connectivity index is 2.13. The third kappa shape index (κ3) is 3.67. The molecule has 1 aliphatic rings. The molecule has 2 rings (SSSR count). The van der Waals surface area contributed by atoms with E-state index in [1.54, 1.807) is 0 Å². The lowest BCUT2D eigenvalue weighted by atomic mass is 10.1. The first-order chi connectivity index (χ1) is 10.2. The molecule has 5 N–H and O–H groups in total. The van der Waals surface area contributed by atoms with E-state index in [-0.39, 0.29) is 5.82 Å². The van der Waals surface area contributed by atoms with Gasteiger partial charge in [-0.05, 0) is 0 Å². The minimum absolute atomic E-state index is 0.264. The van der Waals surface area contributed by atoms with Crippen molar-refractivity contribution in [1.29, 1.82) is 0 Å². The van der Waals surface area contributed by atoms with Crippen molar-refractivity contribution >= 4 is 13.7 Å². The Morgan fingerprint density at radius 1 is 1.59 bits per heavy atom. The van der Waals surface area contributed by atoms with E-state index in [9.17, 15) is 14.5 Å². The third-order valence-corrected chi connectivity index (χ3v) is 3.46. The zero-order valence-corrected chi connectivity index (χ0v) is 12.2. The number of phosphoric ester groups is 1. The predicted octanol–water partition coefficient (Wildman–Crippen LogP) is -2.24. The van der Waals surface area contributed by atoms with Gasteiger partial charge in [-0.15, -0.1) is 5.10 Å². The molecule has 12 nitrogen and oxygen atoms in total. The Morgan fingerprint density at radius 3 is 2.77 bits per heavy atom. The molecule has 1 aromatic rings. The Labute approximate surface area is 124 Å². The number of aliphatic hydroxyl groups excluding tert-OH is 1. The Kier molecular flexibility index (Phi) is 4.92. The summed E-state index contributed by atoms with van der Waals surface area (Å²) in [4.78, 5) is 32.0. The summed E-state index contributed by atoms with van der Waals surface area (Å²) in [5, 5.41) is 13.9. The standard InChI is InChI=1S/C9H15N4O8P/c1-19-6-4(2-20-22(16,17)18)21-9(5(6)14)13-3-11-8(12-13)7(10)15/h3-6,9,14H,2H2,1H3,(H2,10,15)(H2,16,17,18)/t4-,5-,6-,9-/m1/s1. The molecular weight excluding hydrogens is 323 g/mol. The van der Waals surface area contributed by atoms with Gasteiger partial charge in [0.05, 0.1) is 6.61 Å². The molecule has 0 saturated carbocycles. The number of primary amides is 1. The van der Waals surface area contributed by atoms with Crippen LogP contribution in [-0.4, -0.2) is 67.6 Å². The van der Waals surface area contributed by atoms with Crippen LogP contribution in [0.3, 0.4) is 0 Å². The zero-order chi connectivity index (χ0) is 16.5. The summed E-state index contributed by atoms with van der Waals surface area (Å²) in [5.41, 5.74) is 5.02. The predicted molar refractivity (Wildman–Crippen MR) is 67.2 cm³/mol. The second kappa shape index (κ2) is 6.38. The van der Waals surface area contributed by atoms with E-state index in [2.05, 4.69) is 14.6 Å². The first-order valence-electron chi connectivity index (χ1n) is 6.00. The lowest BCUT2D eigenvalue weighted by Gasteiger charge is -2.18. The van der Waals surface area contributed by atoms with Gasteiger partial charge in [-0.2, -0.15) is 0 Å². The van der Waals surface area contributed by atoms with Crippen LogP contribution in [0, 0.1) is 0 Å². The number of rotatable bonds is 6. The SMILES string of the molecule is CO[C@H]1[C@@H](O)[C@H](n2cnc(C(N)=O)n2)O[C@@H]1COP(=O)(O)O. The van der Waals surface area contributed by atoms with Crippen LogP contribution >= 0.6 is 7.82 Å². The average molecular weight is 338 g/mol. The minimum atomic E-state index is -4.69. The highest BCUT2D eigenvalue weighted by molar-refractivity contribution is 7.46. The van der Waals surface area contributed by atoms with E-state index in [0.29, 0.717) is 0 Å². The fourth-order valence-corrected chi connectivity index (χ4v) is 2.39. The van der Waals surface area contributed by atoms with E-state index in [1.807, 2.05) is 0 Å². The molecule has 2 heterocycles. The summed E-state index contributed by atoms with van der Waals surface area (Å²) in [6.45, 7) is -0.506. The van der Waals surface area contributed by atoms with E-state index < -0.39 is 44.9 Å². The summed E-state index contributed by atoms with van der Waals surface area (Å²) in [6, 6.07) is 0. The molecule has 13 heteroatoms. The molecule has 0 aliphatic carbocycles. The number of methoxy groups -OCH3 is 1. The van der Waals surface area contributed by atoms with E-state index >= 15 is 0 Å². The number of ether oxygens (including phenoxy) is 2. The van der Waals surface area contributed by atoms with Crippen molar-refractivity contribution in [1.82, 2.24) is 14.8 Å². The van der Waals surface area contributed by atoms with Crippen molar-refractivity contribution in [2.45, 2.75) is 24.5 Å². The quantitative estimate of drug-likeness (QED) is 0.414. The van der Waals surface area contributed by atoms with Crippen LogP contribution in [0.1, 0.15) is 16.8 Å². The molecule has 1 aromatic heterocycles. The maximum atomic E-state index is 11.0. The van der Waals surface area contributed by atoms with Gasteiger partial charge < -0.3 is 30.1 Å². The van der Waals surface area contributed by atoms with Crippen LogP contribution in [-0.2, 0) is 18.6 Å². The number of aromatic nitrogens is 3. The summed E-state index contributed by atoms with van der Waals surface area (Å²) >= 11 is 0. The van der Waals surface area contributed by atoms with Crippen molar-refractivity contribution in [3.63, 3.8) is 0 Å². The van der Waals surface area contributed by atoms with Gasteiger partial charge >= 0.3 is 7.82 Å². The van der Waals surface area contributed by atoms with Gasteiger partial charge in [-0.25, -0.2) is 14.2 Å². The maximum absolute atomic E-state index is 11.0. The normalized spacial score (nSPS) is 28.9. The number of aliphatic hydroxyl groups is 1. The van der Waals surface area contributed by atoms with Crippen LogP contribution in [0.5, 0.6) is 0 Å². The number of phosphoric acid groups is 1. The van der Waals surface area contributed by atoms with Crippen molar-refractivity contribution in [3.05, 3.63) is 12.2 Å². The van der Waals surface area contributed by atoms with Gasteiger partial charge in [0.1, 0.15) is 24.6 Å². The largest absolute Gasteiger partial charge is 0.469 e. The second-order valence-corrected chi connectivity index (χ2v) is 5.69. The smallest absolute Gasteiger partial charge is 0.385 e. The van der Waals surface area contributed by atoms with Gasteiger partial charge in [-0.1, -0.05) is 0 Å². The number of hydrogen-bond acceptors (Lipinski definition) is 8. The van der Waals surface area contributed by atoms with Gasteiger partial charge in [0, 0.05) is 7.11 Å². The van der Waals surface area contributed by atoms with Crippen LogP contribution in [0.15, 0.2) is 6.33 Å². The zero-order valence-electron chi connectivity index (χ0n) is 11.3. The van der Waals surface area contributed by atoms with Crippen molar-refractivity contribution in [2.75, 3.05) is 13.7 Å². The highest BCUT2D eigenvalue weighted by Gasteiger charge is 2.46. The molecule has 0 radical (unpaired) electrons. The van der Waals surface area contributed by atoms with Gasteiger partial charge in [-0.3, -0.25) is 9.32 Å². The molecule has 22 heavy (non-hydrogen) atoms.